The Hall–Kier alpha value is -1.44. The lowest BCUT2D eigenvalue weighted by molar-refractivity contribution is 0.0958. The third-order valence-electron chi connectivity index (χ3n) is 8.20. The maximum atomic E-state index is 13.1. The molecule has 1 aromatic rings. The first-order valence-electron chi connectivity index (χ1n) is 12.5. The van der Waals surface area contributed by atoms with Crippen molar-refractivity contribution >= 4 is 11.6 Å². The van der Waals surface area contributed by atoms with Crippen molar-refractivity contribution in [2.75, 3.05) is 0 Å². The summed E-state index contributed by atoms with van der Waals surface area (Å²) in [5.74, 6) is 2.83. The number of aryl methyl sites for hydroxylation is 1. The van der Waals surface area contributed by atoms with Gasteiger partial charge in [0.15, 0.2) is 11.6 Å². The number of hydrogen-bond acceptors (Lipinski definition) is 2. The van der Waals surface area contributed by atoms with Crippen LogP contribution in [0.1, 0.15) is 119 Å². The van der Waals surface area contributed by atoms with Crippen molar-refractivity contribution < 1.29 is 9.59 Å². The van der Waals surface area contributed by atoms with E-state index in [1.165, 1.54) is 12.8 Å². The van der Waals surface area contributed by atoms with Crippen molar-refractivity contribution in [2.24, 2.45) is 34.5 Å². The maximum absolute atomic E-state index is 13.1. The van der Waals surface area contributed by atoms with Gasteiger partial charge in [-0.25, -0.2) is 0 Å². The van der Waals surface area contributed by atoms with Crippen LogP contribution in [0.2, 0.25) is 0 Å². The lowest BCUT2D eigenvalue weighted by Crippen LogP contribution is -2.18. The van der Waals surface area contributed by atoms with E-state index in [2.05, 4.69) is 41.5 Å². The first-order chi connectivity index (χ1) is 14.3. The fraction of sp³-hybridized carbons (Fsp3) is 0.724. The molecule has 0 aliphatic heterocycles. The molecule has 0 amide bonds. The number of ketones is 2. The first-order valence-corrected chi connectivity index (χ1v) is 12.5. The molecule has 2 fully saturated rings. The molecule has 1 aromatic carbocycles. The lowest BCUT2D eigenvalue weighted by atomic mass is 9.79. The van der Waals surface area contributed by atoms with Crippen molar-refractivity contribution in [1.82, 2.24) is 0 Å². The smallest absolute Gasteiger partial charge is 0.163 e. The molecule has 0 bridgehead atoms. The normalized spacial score (nSPS) is 26.9. The van der Waals surface area contributed by atoms with E-state index in [-0.39, 0.29) is 11.6 Å². The molecule has 172 valence electrons. The summed E-state index contributed by atoms with van der Waals surface area (Å²) in [6, 6.07) is 5.82. The molecule has 4 atom stereocenters. The number of Topliss-reactive ketones (excluding diaryl/α,β-unsaturated/α-hetero) is 2. The van der Waals surface area contributed by atoms with Gasteiger partial charge in [-0.1, -0.05) is 41.5 Å². The average Bonchev–Trinajstić information content (AvgIpc) is 3.30. The molecule has 4 unspecified atom stereocenters. The lowest BCUT2D eigenvalue weighted by Gasteiger charge is -2.27. The Morgan fingerprint density at radius 3 is 1.42 bits per heavy atom. The quantitative estimate of drug-likeness (QED) is 0.433. The van der Waals surface area contributed by atoms with E-state index in [4.69, 9.17) is 0 Å². The predicted molar refractivity (Wildman–Crippen MR) is 130 cm³/mol. The summed E-state index contributed by atoms with van der Waals surface area (Å²) in [5.41, 5.74) is 3.15. The molecule has 2 saturated carbocycles. The Morgan fingerprint density at radius 1 is 0.710 bits per heavy atom. The number of carbonyl (C=O) groups excluding carboxylic acids is 2. The number of hydrogen-bond donors (Lipinski definition) is 0. The third-order valence-corrected chi connectivity index (χ3v) is 8.20. The standard InChI is InChI=1S/C29H44O2/c1-19-12-22(26(30)16-20-8-10-24(14-20)28(2,3)4)18-23(13-19)27(31)17-21-9-11-25(15-21)29(5,6)7/h12-13,18,20-21,24-25H,8-11,14-17H2,1-7H3. The van der Waals surface area contributed by atoms with Gasteiger partial charge in [0.05, 0.1) is 0 Å². The van der Waals surface area contributed by atoms with Crippen LogP contribution in [0.4, 0.5) is 0 Å². The van der Waals surface area contributed by atoms with Gasteiger partial charge < -0.3 is 0 Å². The van der Waals surface area contributed by atoms with E-state index in [0.29, 0.717) is 47.3 Å². The molecule has 0 aromatic heterocycles. The van der Waals surface area contributed by atoms with Crippen molar-refractivity contribution in [3.05, 3.63) is 34.9 Å². The second-order valence-corrected chi connectivity index (χ2v) is 12.8. The predicted octanol–water partition coefficient (Wildman–Crippen LogP) is 8.07. The molecule has 2 heteroatoms. The highest BCUT2D eigenvalue weighted by Gasteiger charge is 2.35. The Bertz CT molecular complexity index is 741. The molecule has 0 N–H and O–H groups in total. The first kappa shape index (κ1) is 24.2. The van der Waals surface area contributed by atoms with Crippen molar-refractivity contribution in [3.8, 4) is 0 Å². The van der Waals surface area contributed by atoms with Crippen LogP contribution in [-0.2, 0) is 0 Å². The molecule has 3 rings (SSSR count). The monoisotopic (exact) mass is 424 g/mol. The molecule has 0 radical (unpaired) electrons. The Morgan fingerprint density at radius 2 is 1.10 bits per heavy atom. The van der Waals surface area contributed by atoms with Crippen molar-refractivity contribution in [1.29, 1.82) is 0 Å². The van der Waals surface area contributed by atoms with E-state index < -0.39 is 0 Å². The zero-order valence-corrected chi connectivity index (χ0v) is 21.0. The topological polar surface area (TPSA) is 34.1 Å². The maximum Gasteiger partial charge on any atom is 0.163 e. The number of carbonyl (C=O) groups is 2. The summed E-state index contributed by atoms with van der Waals surface area (Å²) in [6.45, 7) is 15.9. The highest BCUT2D eigenvalue weighted by molar-refractivity contribution is 6.01. The van der Waals surface area contributed by atoms with Crippen LogP contribution in [-0.4, -0.2) is 11.6 Å². The average molecular weight is 425 g/mol. The van der Waals surface area contributed by atoms with Crippen LogP contribution >= 0.6 is 0 Å². The van der Waals surface area contributed by atoms with Crippen LogP contribution in [0, 0.1) is 41.4 Å². The highest BCUT2D eigenvalue weighted by atomic mass is 16.1. The second kappa shape index (κ2) is 9.20. The van der Waals surface area contributed by atoms with Gasteiger partial charge in [0.2, 0.25) is 0 Å². The molecule has 31 heavy (non-hydrogen) atoms. The summed E-state index contributed by atoms with van der Waals surface area (Å²) in [7, 11) is 0. The van der Waals surface area contributed by atoms with Crippen LogP contribution in [0.5, 0.6) is 0 Å². The number of benzene rings is 1. The number of rotatable bonds is 6. The van der Waals surface area contributed by atoms with Crippen LogP contribution in [0.3, 0.4) is 0 Å². The van der Waals surface area contributed by atoms with E-state index in [1.54, 1.807) is 0 Å². The minimum atomic E-state index is 0.214. The van der Waals surface area contributed by atoms with Crippen molar-refractivity contribution in [3.63, 3.8) is 0 Å². The molecule has 2 nitrogen and oxygen atoms in total. The van der Waals surface area contributed by atoms with Gasteiger partial charge in [0.25, 0.3) is 0 Å². The van der Waals surface area contributed by atoms with Gasteiger partial charge in [-0.15, -0.1) is 0 Å². The van der Waals surface area contributed by atoms with Crippen LogP contribution in [0.25, 0.3) is 0 Å². The zero-order chi connectivity index (χ0) is 23.0. The van der Waals surface area contributed by atoms with E-state index in [1.807, 2.05) is 25.1 Å². The fourth-order valence-electron chi connectivity index (χ4n) is 5.96. The molecule has 2 aliphatic rings. The molecular formula is C29H44O2. The summed E-state index contributed by atoms with van der Waals surface area (Å²) < 4.78 is 0. The Kier molecular flexibility index (Phi) is 7.18. The third kappa shape index (κ3) is 6.30. The van der Waals surface area contributed by atoms with E-state index in [9.17, 15) is 9.59 Å². The van der Waals surface area contributed by atoms with Gasteiger partial charge in [-0.3, -0.25) is 9.59 Å². The van der Waals surface area contributed by atoms with Gasteiger partial charge in [-0.05, 0) is 104 Å². The summed E-state index contributed by atoms with van der Waals surface area (Å²) in [5, 5.41) is 0. The minimum absolute atomic E-state index is 0.214. The minimum Gasteiger partial charge on any atom is -0.294 e. The summed E-state index contributed by atoms with van der Waals surface area (Å²) >= 11 is 0. The fourth-order valence-corrected chi connectivity index (χ4v) is 5.96. The largest absolute Gasteiger partial charge is 0.294 e. The summed E-state index contributed by atoms with van der Waals surface area (Å²) in [6.07, 6.45) is 8.34. The molecular weight excluding hydrogens is 380 g/mol. The Labute approximate surface area is 190 Å². The van der Waals surface area contributed by atoms with Crippen LogP contribution < -0.4 is 0 Å². The summed E-state index contributed by atoms with van der Waals surface area (Å²) in [4.78, 5) is 26.1. The highest BCUT2D eigenvalue weighted by Crippen LogP contribution is 2.44. The molecule has 0 saturated heterocycles. The van der Waals surface area contributed by atoms with Gasteiger partial charge in [0.1, 0.15) is 0 Å². The molecule has 0 heterocycles. The molecule has 2 aliphatic carbocycles. The zero-order valence-electron chi connectivity index (χ0n) is 21.0. The van der Waals surface area contributed by atoms with E-state index >= 15 is 0 Å². The second-order valence-electron chi connectivity index (χ2n) is 12.8. The van der Waals surface area contributed by atoms with Gasteiger partial charge in [0, 0.05) is 24.0 Å². The Balaban J connectivity index is 1.62. The van der Waals surface area contributed by atoms with Crippen LogP contribution in [0.15, 0.2) is 18.2 Å². The van der Waals surface area contributed by atoms with E-state index in [0.717, 1.165) is 42.4 Å². The molecule has 0 spiro atoms. The van der Waals surface area contributed by atoms with Gasteiger partial charge >= 0.3 is 0 Å². The SMILES string of the molecule is Cc1cc(C(=O)CC2CCC(C(C)(C)C)C2)cc(C(=O)CC2CCC(C(C)(C)C)C2)c1. The van der Waals surface area contributed by atoms with Gasteiger partial charge in [-0.2, -0.15) is 0 Å². The van der Waals surface area contributed by atoms with Crippen molar-refractivity contribution in [2.45, 2.75) is 99.8 Å².